The van der Waals surface area contributed by atoms with Crippen LogP contribution < -0.4 is 26.6 Å². The Morgan fingerprint density at radius 2 is 2.06 bits per heavy atom. The first kappa shape index (κ1) is 22.4. The highest BCUT2D eigenvalue weighted by molar-refractivity contribution is 6.35. The first-order valence-electron chi connectivity index (χ1n) is 10.6. The van der Waals surface area contributed by atoms with Crippen molar-refractivity contribution in [2.24, 2.45) is 16.6 Å². The van der Waals surface area contributed by atoms with Gasteiger partial charge >= 0.3 is 0 Å². The van der Waals surface area contributed by atoms with E-state index in [1.807, 2.05) is 6.07 Å². The second kappa shape index (κ2) is 10.2. The molecule has 5 N–H and O–H groups in total. The van der Waals surface area contributed by atoms with Gasteiger partial charge in [-0.2, -0.15) is 4.98 Å². The van der Waals surface area contributed by atoms with Crippen molar-refractivity contribution >= 4 is 46.8 Å². The Bertz CT molecular complexity index is 1010. The molecule has 1 aromatic heterocycles. The van der Waals surface area contributed by atoms with E-state index < -0.39 is 5.91 Å². The largest absolute Gasteiger partial charge is 0.365 e. The number of piperidine rings is 1. The molecule has 2 aromatic rings. The number of aliphatic imine (C=N–C) groups is 1. The van der Waals surface area contributed by atoms with Crippen LogP contribution in [-0.2, 0) is 6.54 Å². The van der Waals surface area contributed by atoms with Gasteiger partial charge in [-0.15, -0.1) is 0 Å². The van der Waals surface area contributed by atoms with E-state index in [1.165, 1.54) is 6.20 Å². The number of nitrogens with two attached hydrogens (primary N) is 1. The fraction of sp³-hybridized carbons (Fsp3) is 0.429. The lowest BCUT2D eigenvalue weighted by atomic mass is 9.97. The zero-order valence-electron chi connectivity index (χ0n) is 17.6. The average Bonchev–Trinajstić information content (AvgIpc) is 3.31. The van der Waals surface area contributed by atoms with Crippen LogP contribution in [0, 0.1) is 5.92 Å². The maximum Gasteiger partial charge on any atom is 0.254 e. The highest BCUT2D eigenvalue weighted by atomic mass is 35.5. The number of carbonyl (C=O) groups excluding carboxylic acids is 1. The summed E-state index contributed by atoms with van der Waals surface area (Å²) in [5, 5.41) is 10.9. The third-order valence-corrected chi connectivity index (χ3v) is 6.22. The summed E-state index contributed by atoms with van der Waals surface area (Å²) in [7, 11) is 0. The second-order valence-corrected chi connectivity index (χ2v) is 8.70. The molecule has 4 rings (SSSR count). The molecule has 0 radical (unpaired) electrons. The van der Waals surface area contributed by atoms with Gasteiger partial charge in [0.25, 0.3) is 5.91 Å². The molecule has 2 aliphatic heterocycles. The number of hydrogen-bond donors (Lipinski definition) is 4. The Kier molecular flexibility index (Phi) is 7.16. The van der Waals surface area contributed by atoms with E-state index in [-0.39, 0.29) is 5.56 Å². The van der Waals surface area contributed by atoms with Crippen LogP contribution in [0.15, 0.2) is 29.4 Å². The molecule has 11 heteroatoms. The summed E-state index contributed by atoms with van der Waals surface area (Å²) in [4.78, 5) is 27.4. The van der Waals surface area contributed by atoms with Gasteiger partial charge in [0.15, 0.2) is 5.96 Å². The van der Waals surface area contributed by atoms with Gasteiger partial charge in [0.05, 0.1) is 12.1 Å². The van der Waals surface area contributed by atoms with Gasteiger partial charge < -0.3 is 26.6 Å². The van der Waals surface area contributed by atoms with Crippen molar-refractivity contribution in [3.8, 4) is 0 Å². The highest BCUT2D eigenvalue weighted by Gasteiger charge is 2.23. The fourth-order valence-electron chi connectivity index (χ4n) is 3.78. The summed E-state index contributed by atoms with van der Waals surface area (Å²) < 4.78 is 0. The first-order valence-corrected chi connectivity index (χ1v) is 11.4. The first-order chi connectivity index (χ1) is 15.5. The zero-order chi connectivity index (χ0) is 22.5. The van der Waals surface area contributed by atoms with Crippen molar-refractivity contribution in [1.82, 2.24) is 20.6 Å². The summed E-state index contributed by atoms with van der Waals surface area (Å²) in [6.45, 7) is 4.68. The Hall–Kier alpha value is -2.78. The minimum atomic E-state index is -0.588. The van der Waals surface area contributed by atoms with Gasteiger partial charge in [0, 0.05) is 49.0 Å². The smallest absolute Gasteiger partial charge is 0.254 e. The van der Waals surface area contributed by atoms with Crippen molar-refractivity contribution in [3.63, 3.8) is 0 Å². The van der Waals surface area contributed by atoms with E-state index in [1.54, 1.807) is 12.1 Å². The van der Waals surface area contributed by atoms with Crippen molar-refractivity contribution in [3.05, 3.63) is 45.6 Å². The molecule has 0 unspecified atom stereocenters. The molecule has 1 fully saturated rings. The third kappa shape index (κ3) is 5.52. The van der Waals surface area contributed by atoms with E-state index in [0.29, 0.717) is 34.3 Å². The van der Waals surface area contributed by atoms with E-state index >= 15 is 0 Å². The number of guanidine groups is 1. The molecular weight excluding hydrogens is 451 g/mol. The number of aromatic nitrogens is 2. The lowest BCUT2D eigenvalue weighted by Gasteiger charge is -2.32. The van der Waals surface area contributed by atoms with Gasteiger partial charge in [0.1, 0.15) is 5.82 Å². The van der Waals surface area contributed by atoms with Crippen molar-refractivity contribution in [1.29, 1.82) is 0 Å². The number of hydrogen-bond acceptors (Lipinski definition) is 8. The van der Waals surface area contributed by atoms with E-state index in [9.17, 15) is 4.79 Å². The number of nitrogens with zero attached hydrogens (tertiary/aromatic N) is 4. The number of primary amides is 1. The molecule has 32 heavy (non-hydrogen) atoms. The lowest BCUT2D eigenvalue weighted by Crippen LogP contribution is -2.41. The Morgan fingerprint density at radius 1 is 1.25 bits per heavy atom. The molecule has 1 aromatic carbocycles. The number of halogens is 2. The number of anilines is 2. The topological polar surface area (TPSA) is 121 Å². The van der Waals surface area contributed by atoms with Gasteiger partial charge in [-0.3, -0.25) is 9.79 Å². The monoisotopic (exact) mass is 476 g/mol. The standard InChI is InChI=1S/C21H26Cl2N8O/c22-15-2-1-14(17(23)9-15)11-27-19-16(18(24)32)12-29-21(30-19)31-7-3-13(4-8-31)10-28-20-25-5-6-26-20/h1-2,9,12-13H,3-8,10-11H2,(H2,24,32)(H2,25,26,28)(H,27,29,30). The van der Waals surface area contributed by atoms with Crippen molar-refractivity contribution < 1.29 is 4.79 Å². The molecule has 1 saturated heterocycles. The number of amides is 1. The number of rotatable bonds is 7. The SMILES string of the molecule is NC(=O)c1cnc(N2CCC(CNC3=NCCN3)CC2)nc1NCc1ccc(Cl)cc1Cl. The number of carbonyl (C=O) groups is 1. The molecule has 2 aliphatic rings. The molecule has 170 valence electrons. The van der Waals surface area contributed by atoms with Crippen LogP contribution in [0.3, 0.4) is 0 Å². The van der Waals surface area contributed by atoms with Crippen LogP contribution in [-0.4, -0.2) is 54.6 Å². The summed E-state index contributed by atoms with van der Waals surface area (Å²) in [5.74, 6) is 1.84. The quantitative estimate of drug-likeness (QED) is 0.483. The second-order valence-electron chi connectivity index (χ2n) is 7.85. The molecule has 0 bridgehead atoms. The van der Waals surface area contributed by atoms with Gasteiger partial charge in [-0.1, -0.05) is 29.3 Å². The molecule has 0 aliphatic carbocycles. The van der Waals surface area contributed by atoms with Gasteiger partial charge in [-0.05, 0) is 36.5 Å². The van der Waals surface area contributed by atoms with Crippen molar-refractivity contribution in [2.45, 2.75) is 19.4 Å². The summed E-state index contributed by atoms with van der Waals surface area (Å²) >= 11 is 12.2. The minimum Gasteiger partial charge on any atom is -0.365 e. The van der Waals surface area contributed by atoms with Crippen LogP contribution in [0.1, 0.15) is 28.8 Å². The normalized spacial score (nSPS) is 16.4. The van der Waals surface area contributed by atoms with Crippen LogP contribution in [0.4, 0.5) is 11.8 Å². The molecule has 3 heterocycles. The van der Waals surface area contributed by atoms with Crippen LogP contribution in [0.5, 0.6) is 0 Å². The maximum absolute atomic E-state index is 11.9. The van der Waals surface area contributed by atoms with E-state index in [2.05, 4.69) is 35.8 Å². The van der Waals surface area contributed by atoms with Crippen LogP contribution in [0.25, 0.3) is 0 Å². The Morgan fingerprint density at radius 3 is 2.75 bits per heavy atom. The molecule has 0 saturated carbocycles. The van der Waals surface area contributed by atoms with Crippen molar-refractivity contribution in [2.75, 3.05) is 42.9 Å². The molecular formula is C21H26Cl2N8O. The van der Waals surface area contributed by atoms with Crippen LogP contribution in [0.2, 0.25) is 10.0 Å². The van der Waals surface area contributed by atoms with Gasteiger partial charge in [-0.25, -0.2) is 4.98 Å². The zero-order valence-corrected chi connectivity index (χ0v) is 19.1. The van der Waals surface area contributed by atoms with E-state index in [4.69, 9.17) is 28.9 Å². The Labute approximate surface area is 196 Å². The number of nitrogens with one attached hydrogen (secondary N) is 3. The average molecular weight is 477 g/mol. The number of benzene rings is 1. The summed E-state index contributed by atoms with van der Waals surface area (Å²) in [6.07, 6.45) is 3.52. The molecule has 0 spiro atoms. The van der Waals surface area contributed by atoms with Gasteiger partial charge in [0.2, 0.25) is 5.95 Å². The molecule has 9 nitrogen and oxygen atoms in total. The predicted molar refractivity (Wildman–Crippen MR) is 128 cm³/mol. The van der Waals surface area contributed by atoms with E-state index in [0.717, 1.165) is 57.1 Å². The third-order valence-electron chi connectivity index (χ3n) is 5.63. The highest BCUT2D eigenvalue weighted by Crippen LogP contribution is 2.25. The lowest BCUT2D eigenvalue weighted by molar-refractivity contribution is 0.100. The minimum absolute atomic E-state index is 0.239. The summed E-state index contributed by atoms with van der Waals surface area (Å²) in [6, 6.07) is 5.27. The fourth-order valence-corrected chi connectivity index (χ4v) is 4.25. The molecule has 0 atom stereocenters. The summed E-state index contributed by atoms with van der Waals surface area (Å²) in [5.41, 5.74) is 6.60. The Balaban J connectivity index is 1.39. The maximum atomic E-state index is 11.9. The van der Waals surface area contributed by atoms with Crippen LogP contribution >= 0.6 is 23.2 Å². The predicted octanol–water partition coefficient (Wildman–Crippen LogP) is 2.26. The molecule has 1 amide bonds.